The first-order valence-corrected chi connectivity index (χ1v) is 4.61. The van der Waals surface area contributed by atoms with Gasteiger partial charge in [-0.25, -0.2) is 0 Å². The molecule has 12 heavy (non-hydrogen) atoms. The number of hydrogen-bond acceptors (Lipinski definition) is 2. The molecule has 0 saturated heterocycles. The number of rotatable bonds is 4. The molecule has 2 nitrogen and oxygen atoms in total. The highest BCUT2D eigenvalue weighted by Gasteiger charge is 2.09. The maximum Gasteiger partial charge on any atom is 0.234 e. The molecule has 1 atom stereocenters. The number of hydrogen-bond donors (Lipinski definition) is 0. The highest BCUT2D eigenvalue weighted by atomic mass is 79.9. The van der Waals surface area contributed by atoms with Crippen LogP contribution in [0.4, 0.5) is 0 Å². The Morgan fingerprint density at radius 1 is 1.42 bits per heavy atom. The lowest BCUT2D eigenvalue weighted by molar-refractivity contribution is 0.143. The van der Waals surface area contributed by atoms with Crippen molar-refractivity contribution in [3.8, 4) is 0 Å². The van der Waals surface area contributed by atoms with Gasteiger partial charge in [-0.05, 0) is 5.56 Å². The Labute approximate surface area is 79.7 Å². The fourth-order valence-corrected chi connectivity index (χ4v) is 1.15. The second-order valence-electron chi connectivity index (χ2n) is 2.18. The second kappa shape index (κ2) is 5.06. The van der Waals surface area contributed by atoms with E-state index in [-0.39, 0.29) is 0 Å². The van der Waals surface area contributed by atoms with Gasteiger partial charge in [-0.15, -0.1) is 0 Å². The summed E-state index contributed by atoms with van der Waals surface area (Å²) in [5, 5.41) is 0. The lowest BCUT2D eigenvalue weighted by atomic mass is 10.1. The summed E-state index contributed by atoms with van der Waals surface area (Å²) in [4.78, 5) is 10.4. The van der Waals surface area contributed by atoms with Crippen LogP contribution in [0.5, 0.6) is 0 Å². The summed E-state index contributed by atoms with van der Waals surface area (Å²) in [7, 11) is 0. The molecule has 3 heteroatoms. The van der Waals surface area contributed by atoms with Gasteiger partial charge < -0.3 is 4.74 Å². The van der Waals surface area contributed by atoms with E-state index < -0.39 is 6.10 Å². The van der Waals surface area contributed by atoms with Gasteiger partial charge in [0.2, 0.25) is 6.29 Å². The lowest BCUT2D eigenvalue weighted by Gasteiger charge is -2.07. The Bertz CT molecular complexity index is 236. The van der Waals surface area contributed by atoms with Crippen LogP contribution >= 0.6 is 15.9 Å². The molecule has 0 aliphatic rings. The van der Waals surface area contributed by atoms with Crippen molar-refractivity contribution in [2.75, 3.05) is 5.52 Å². The Hall–Kier alpha value is -0.670. The lowest BCUT2D eigenvalue weighted by Crippen LogP contribution is -2.03. The molecule has 0 aliphatic carbocycles. The van der Waals surface area contributed by atoms with Gasteiger partial charge in [-0.3, -0.25) is 4.79 Å². The van der Waals surface area contributed by atoms with Crippen molar-refractivity contribution in [3.05, 3.63) is 35.9 Å². The number of benzene rings is 1. The standard InChI is InChI=1S/C9H8BrO2/c10-7-12-9(6-11)8-4-2-1-3-5-8/h1-5,9H,7H2. The van der Waals surface area contributed by atoms with Crippen LogP contribution in [0.15, 0.2) is 30.3 Å². The van der Waals surface area contributed by atoms with Crippen LogP contribution < -0.4 is 0 Å². The van der Waals surface area contributed by atoms with Crippen molar-refractivity contribution >= 4 is 22.2 Å². The van der Waals surface area contributed by atoms with Gasteiger partial charge in [0, 0.05) is 0 Å². The van der Waals surface area contributed by atoms with Crippen LogP contribution in [0.3, 0.4) is 0 Å². The number of ether oxygens (including phenoxy) is 1. The summed E-state index contributed by atoms with van der Waals surface area (Å²) in [6.07, 6.45) is 1.24. The molecule has 0 fully saturated rings. The third-order valence-electron chi connectivity index (χ3n) is 1.44. The van der Waals surface area contributed by atoms with Crippen molar-refractivity contribution < 1.29 is 9.53 Å². The van der Waals surface area contributed by atoms with Crippen LogP contribution in [0.25, 0.3) is 0 Å². The van der Waals surface area contributed by atoms with Crippen LogP contribution in [0.2, 0.25) is 0 Å². The molecule has 0 amide bonds. The number of halogens is 1. The molecule has 0 saturated carbocycles. The third kappa shape index (κ3) is 2.43. The molecule has 1 rings (SSSR count). The van der Waals surface area contributed by atoms with Gasteiger partial charge in [0.05, 0.1) is 0 Å². The van der Waals surface area contributed by atoms with Crippen LogP contribution in [-0.2, 0) is 9.53 Å². The molecule has 1 radical (unpaired) electrons. The smallest absolute Gasteiger partial charge is 0.234 e. The van der Waals surface area contributed by atoms with Crippen LogP contribution in [0.1, 0.15) is 11.7 Å². The Balaban J connectivity index is 2.73. The molecule has 1 unspecified atom stereocenters. The van der Waals surface area contributed by atoms with E-state index in [4.69, 9.17) is 4.74 Å². The van der Waals surface area contributed by atoms with E-state index in [9.17, 15) is 4.79 Å². The van der Waals surface area contributed by atoms with Crippen molar-refractivity contribution in [1.29, 1.82) is 0 Å². The largest absolute Gasteiger partial charge is 0.354 e. The van der Waals surface area contributed by atoms with Crippen molar-refractivity contribution in [3.63, 3.8) is 0 Å². The van der Waals surface area contributed by atoms with E-state index in [2.05, 4.69) is 15.9 Å². The average molecular weight is 228 g/mol. The van der Waals surface area contributed by atoms with Gasteiger partial charge in [0.25, 0.3) is 0 Å². The topological polar surface area (TPSA) is 26.3 Å². The van der Waals surface area contributed by atoms with Crippen LogP contribution in [-0.4, -0.2) is 11.8 Å². The minimum atomic E-state index is -0.578. The quantitative estimate of drug-likeness (QED) is 0.738. The highest BCUT2D eigenvalue weighted by molar-refractivity contribution is 9.09. The average Bonchev–Trinajstić information content (AvgIpc) is 2.15. The molecule has 1 aromatic carbocycles. The summed E-state index contributed by atoms with van der Waals surface area (Å²) >= 11 is 3.09. The maximum atomic E-state index is 10.4. The molecular formula is C9H8BrO2. The van der Waals surface area contributed by atoms with E-state index >= 15 is 0 Å². The molecule has 0 bridgehead atoms. The van der Waals surface area contributed by atoms with Crippen molar-refractivity contribution in [1.82, 2.24) is 0 Å². The van der Waals surface area contributed by atoms with Gasteiger partial charge >= 0.3 is 0 Å². The fraction of sp³-hybridized carbons (Fsp3) is 0.222. The van der Waals surface area contributed by atoms with Crippen molar-refractivity contribution in [2.24, 2.45) is 0 Å². The molecular weight excluding hydrogens is 220 g/mol. The zero-order chi connectivity index (χ0) is 8.81. The van der Waals surface area contributed by atoms with E-state index in [0.29, 0.717) is 5.52 Å². The first-order chi connectivity index (χ1) is 5.88. The molecule has 0 N–H and O–H groups in total. The summed E-state index contributed by atoms with van der Waals surface area (Å²) < 4.78 is 5.07. The Kier molecular flexibility index (Phi) is 3.97. The predicted molar refractivity (Wildman–Crippen MR) is 49.8 cm³/mol. The zero-order valence-corrected chi connectivity index (χ0v) is 7.95. The number of carbonyl (C=O) groups excluding carboxylic acids is 1. The minimum absolute atomic E-state index is 0.335. The van der Waals surface area contributed by atoms with Gasteiger partial charge in [-0.1, -0.05) is 46.3 Å². The van der Waals surface area contributed by atoms with E-state index in [0.717, 1.165) is 5.56 Å². The normalized spacial score (nSPS) is 12.4. The predicted octanol–water partition coefficient (Wildman–Crippen LogP) is 2.21. The summed E-state index contributed by atoms with van der Waals surface area (Å²) in [5.41, 5.74) is 1.16. The molecule has 1 aromatic rings. The molecule has 63 valence electrons. The Morgan fingerprint density at radius 3 is 2.58 bits per heavy atom. The van der Waals surface area contributed by atoms with E-state index in [1.54, 1.807) is 0 Å². The highest BCUT2D eigenvalue weighted by Crippen LogP contribution is 2.14. The first-order valence-electron chi connectivity index (χ1n) is 3.48. The number of alkyl halides is 1. The molecule has 0 heterocycles. The van der Waals surface area contributed by atoms with Gasteiger partial charge in [0.1, 0.15) is 11.6 Å². The van der Waals surface area contributed by atoms with E-state index in [1.807, 2.05) is 36.6 Å². The second-order valence-corrected chi connectivity index (χ2v) is 2.64. The fourth-order valence-electron chi connectivity index (χ4n) is 0.889. The molecule has 0 spiro atoms. The SMILES string of the molecule is O=[C]C(OCBr)c1ccccc1. The zero-order valence-electron chi connectivity index (χ0n) is 6.37. The van der Waals surface area contributed by atoms with Crippen molar-refractivity contribution in [2.45, 2.75) is 6.10 Å². The molecule has 0 aliphatic heterocycles. The molecule has 0 aromatic heterocycles. The monoisotopic (exact) mass is 227 g/mol. The third-order valence-corrected chi connectivity index (χ3v) is 1.70. The first kappa shape index (κ1) is 9.42. The minimum Gasteiger partial charge on any atom is -0.354 e. The van der Waals surface area contributed by atoms with Gasteiger partial charge in [-0.2, -0.15) is 0 Å². The maximum absolute atomic E-state index is 10.4. The summed E-state index contributed by atoms with van der Waals surface area (Å²) in [6, 6.07) is 9.27. The Morgan fingerprint density at radius 2 is 2.08 bits per heavy atom. The van der Waals surface area contributed by atoms with Crippen LogP contribution in [0, 0.1) is 0 Å². The van der Waals surface area contributed by atoms with Gasteiger partial charge in [0.15, 0.2) is 0 Å². The summed E-state index contributed by atoms with van der Waals surface area (Å²) in [5.74, 6) is 0. The summed E-state index contributed by atoms with van der Waals surface area (Å²) in [6.45, 7) is 0. The van der Waals surface area contributed by atoms with E-state index in [1.165, 1.54) is 0 Å².